The lowest BCUT2D eigenvalue weighted by molar-refractivity contribution is -0.137. The van der Waals surface area contributed by atoms with Gasteiger partial charge in [0.2, 0.25) is 5.91 Å². The minimum atomic E-state index is -4.38. The Morgan fingerprint density at radius 2 is 1.70 bits per heavy atom. The van der Waals surface area contributed by atoms with Crippen molar-refractivity contribution in [3.8, 4) is 6.07 Å². The normalized spacial score (nSPS) is 14.7. The number of nitrogens with zero attached hydrogens (tertiary/aromatic N) is 5. The van der Waals surface area contributed by atoms with Gasteiger partial charge in [-0.3, -0.25) is 4.79 Å². The van der Waals surface area contributed by atoms with E-state index in [0.717, 1.165) is 12.1 Å². The van der Waals surface area contributed by atoms with Crippen LogP contribution in [0, 0.1) is 11.3 Å². The van der Waals surface area contributed by atoms with E-state index in [1.54, 1.807) is 17.0 Å². The van der Waals surface area contributed by atoms with Gasteiger partial charge in [0.1, 0.15) is 6.07 Å². The van der Waals surface area contributed by atoms with Gasteiger partial charge in [-0.2, -0.15) is 18.4 Å². The van der Waals surface area contributed by atoms with Gasteiger partial charge in [0.05, 0.1) is 12.0 Å². The summed E-state index contributed by atoms with van der Waals surface area (Å²) in [5.74, 6) is 0.518. The van der Waals surface area contributed by atoms with E-state index in [1.165, 1.54) is 12.1 Å². The first-order chi connectivity index (χ1) is 12.9. The zero-order valence-electron chi connectivity index (χ0n) is 14.3. The van der Waals surface area contributed by atoms with E-state index in [4.69, 9.17) is 5.26 Å². The summed E-state index contributed by atoms with van der Waals surface area (Å²) in [6.07, 6.45) is -4.32. The number of carbonyl (C=O) groups is 1. The van der Waals surface area contributed by atoms with Gasteiger partial charge in [0.25, 0.3) is 0 Å². The van der Waals surface area contributed by atoms with Gasteiger partial charge in [-0.25, -0.2) is 0 Å². The highest BCUT2D eigenvalue weighted by Crippen LogP contribution is 2.29. The number of carbonyl (C=O) groups excluding carboxylic acids is 1. The molecule has 140 valence electrons. The number of nitriles is 1. The maximum atomic E-state index is 12.6. The summed E-state index contributed by atoms with van der Waals surface area (Å²) in [6, 6.07) is 9.86. The van der Waals surface area contributed by atoms with Crippen LogP contribution in [0.25, 0.3) is 0 Å². The predicted molar refractivity (Wildman–Crippen MR) is 90.7 cm³/mol. The molecule has 0 spiro atoms. The summed E-state index contributed by atoms with van der Waals surface area (Å²) in [6.45, 7) is 2.11. The van der Waals surface area contributed by atoms with Crippen LogP contribution in [0.15, 0.2) is 36.4 Å². The van der Waals surface area contributed by atoms with Crippen molar-refractivity contribution in [1.82, 2.24) is 15.1 Å². The predicted octanol–water partition coefficient (Wildman–Crippen LogP) is 2.26. The summed E-state index contributed by atoms with van der Waals surface area (Å²) in [5.41, 5.74) is 0.0633. The number of amides is 1. The van der Waals surface area contributed by atoms with Gasteiger partial charge in [-0.1, -0.05) is 12.1 Å². The molecule has 2 aromatic rings. The summed E-state index contributed by atoms with van der Waals surface area (Å²) in [7, 11) is 0. The molecule has 0 unspecified atom stereocenters. The molecule has 0 bridgehead atoms. The number of anilines is 1. The third-order valence-corrected chi connectivity index (χ3v) is 4.36. The molecular formula is C18H16F3N5O. The number of rotatable bonds is 3. The van der Waals surface area contributed by atoms with Crippen molar-refractivity contribution in [2.24, 2.45) is 0 Å². The van der Waals surface area contributed by atoms with Crippen LogP contribution in [0.3, 0.4) is 0 Å². The molecule has 3 rings (SSSR count). The minimum absolute atomic E-state index is 0.0643. The molecule has 0 N–H and O–H groups in total. The molecule has 0 aliphatic carbocycles. The molecular weight excluding hydrogens is 359 g/mol. The molecule has 1 fully saturated rings. The van der Waals surface area contributed by atoms with Crippen LogP contribution in [0.1, 0.15) is 16.8 Å². The van der Waals surface area contributed by atoms with Gasteiger partial charge >= 0.3 is 6.18 Å². The van der Waals surface area contributed by atoms with Gasteiger partial charge < -0.3 is 9.80 Å². The fourth-order valence-corrected chi connectivity index (χ4v) is 2.84. The van der Waals surface area contributed by atoms with Crippen molar-refractivity contribution >= 4 is 11.7 Å². The lowest BCUT2D eigenvalue weighted by atomic mass is 10.1. The second kappa shape index (κ2) is 7.61. The second-order valence-electron chi connectivity index (χ2n) is 6.13. The van der Waals surface area contributed by atoms with E-state index in [2.05, 4.69) is 10.2 Å². The Morgan fingerprint density at radius 3 is 2.22 bits per heavy atom. The molecule has 1 aliphatic rings. The zero-order valence-corrected chi connectivity index (χ0v) is 14.3. The fraction of sp³-hybridized carbons (Fsp3) is 0.333. The standard InChI is InChI=1S/C18H16F3N5O/c19-18(20,21)14-3-1-13(2-4-14)11-17(27)26-9-7-25(8-10-26)16-6-5-15(12-22)23-24-16/h1-6H,7-11H2. The van der Waals surface area contributed by atoms with E-state index in [0.29, 0.717) is 37.6 Å². The molecule has 1 saturated heterocycles. The maximum absolute atomic E-state index is 12.6. The van der Waals surface area contributed by atoms with E-state index in [-0.39, 0.29) is 18.0 Å². The van der Waals surface area contributed by atoms with E-state index >= 15 is 0 Å². The molecule has 0 radical (unpaired) electrons. The Morgan fingerprint density at radius 1 is 1.04 bits per heavy atom. The third kappa shape index (κ3) is 4.53. The van der Waals surface area contributed by atoms with Crippen LogP contribution in [-0.2, 0) is 17.4 Å². The monoisotopic (exact) mass is 375 g/mol. The maximum Gasteiger partial charge on any atom is 0.416 e. The average Bonchev–Trinajstić information content (AvgIpc) is 2.68. The summed E-state index contributed by atoms with van der Waals surface area (Å²) in [4.78, 5) is 16.1. The fourth-order valence-electron chi connectivity index (χ4n) is 2.84. The average molecular weight is 375 g/mol. The molecule has 1 aliphatic heterocycles. The number of alkyl halides is 3. The molecule has 1 aromatic carbocycles. The van der Waals surface area contributed by atoms with Crippen molar-refractivity contribution in [3.05, 3.63) is 53.2 Å². The Hall–Kier alpha value is -3.15. The highest BCUT2D eigenvalue weighted by molar-refractivity contribution is 5.79. The molecule has 0 atom stereocenters. The number of piperazine rings is 1. The third-order valence-electron chi connectivity index (χ3n) is 4.36. The Kier molecular flexibility index (Phi) is 5.26. The van der Waals surface area contributed by atoms with E-state index in [1.807, 2.05) is 11.0 Å². The number of hydrogen-bond donors (Lipinski definition) is 0. The van der Waals surface area contributed by atoms with Crippen LogP contribution in [-0.4, -0.2) is 47.2 Å². The van der Waals surface area contributed by atoms with E-state index in [9.17, 15) is 18.0 Å². The largest absolute Gasteiger partial charge is 0.416 e. The Balaban J connectivity index is 1.54. The van der Waals surface area contributed by atoms with E-state index < -0.39 is 11.7 Å². The topological polar surface area (TPSA) is 73.1 Å². The number of benzene rings is 1. The lowest BCUT2D eigenvalue weighted by Crippen LogP contribution is -2.49. The molecule has 1 amide bonds. The molecule has 0 saturated carbocycles. The van der Waals surface area contributed by atoms with Crippen molar-refractivity contribution in [1.29, 1.82) is 5.26 Å². The van der Waals surface area contributed by atoms with Crippen molar-refractivity contribution in [3.63, 3.8) is 0 Å². The molecule has 6 nitrogen and oxygen atoms in total. The van der Waals surface area contributed by atoms with Crippen molar-refractivity contribution < 1.29 is 18.0 Å². The molecule has 2 heterocycles. The molecule has 9 heteroatoms. The van der Waals surface area contributed by atoms with Crippen LogP contribution in [0.2, 0.25) is 0 Å². The van der Waals surface area contributed by atoms with Gasteiger partial charge in [-0.15, -0.1) is 10.2 Å². The van der Waals surface area contributed by atoms with Crippen LogP contribution in [0.5, 0.6) is 0 Å². The van der Waals surface area contributed by atoms with Crippen LogP contribution in [0.4, 0.5) is 19.0 Å². The first-order valence-electron chi connectivity index (χ1n) is 8.29. The Bertz CT molecular complexity index is 835. The van der Waals surface area contributed by atoms with Crippen molar-refractivity contribution in [2.45, 2.75) is 12.6 Å². The van der Waals surface area contributed by atoms with Crippen LogP contribution >= 0.6 is 0 Å². The smallest absolute Gasteiger partial charge is 0.352 e. The first-order valence-corrected chi connectivity index (χ1v) is 8.29. The van der Waals surface area contributed by atoms with Gasteiger partial charge in [0, 0.05) is 26.2 Å². The molecule has 1 aromatic heterocycles. The second-order valence-corrected chi connectivity index (χ2v) is 6.13. The number of aromatic nitrogens is 2. The summed E-state index contributed by atoms with van der Waals surface area (Å²) < 4.78 is 37.8. The van der Waals surface area contributed by atoms with Crippen molar-refractivity contribution in [2.75, 3.05) is 31.1 Å². The quantitative estimate of drug-likeness (QED) is 0.823. The lowest BCUT2D eigenvalue weighted by Gasteiger charge is -2.35. The SMILES string of the molecule is N#Cc1ccc(N2CCN(C(=O)Cc3ccc(C(F)(F)F)cc3)CC2)nn1. The van der Waals surface area contributed by atoms with Gasteiger partial charge in [0.15, 0.2) is 11.5 Å². The first kappa shape index (κ1) is 18.6. The highest BCUT2D eigenvalue weighted by Gasteiger charge is 2.30. The summed E-state index contributed by atoms with van der Waals surface area (Å²) in [5, 5.41) is 16.5. The number of hydrogen-bond acceptors (Lipinski definition) is 5. The number of halogens is 3. The minimum Gasteiger partial charge on any atom is -0.352 e. The molecule has 27 heavy (non-hydrogen) atoms. The van der Waals surface area contributed by atoms with Crippen LogP contribution < -0.4 is 4.90 Å². The van der Waals surface area contributed by atoms with Gasteiger partial charge in [-0.05, 0) is 29.8 Å². The highest BCUT2D eigenvalue weighted by atomic mass is 19.4. The summed E-state index contributed by atoms with van der Waals surface area (Å²) >= 11 is 0. The Labute approximate surface area is 153 Å². The zero-order chi connectivity index (χ0) is 19.4.